The van der Waals surface area contributed by atoms with Gasteiger partial charge in [-0.05, 0) is 56.5 Å². The maximum atomic E-state index is 14.0. The van der Waals surface area contributed by atoms with Crippen molar-refractivity contribution >= 4 is 23.3 Å². The number of hydrogen-bond acceptors (Lipinski definition) is 9. The summed E-state index contributed by atoms with van der Waals surface area (Å²) in [4.78, 5) is 41.3. The van der Waals surface area contributed by atoms with Crippen LogP contribution in [0.5, 0.6) is 0 Å². The van der Waals surface area contributed by atoms with E-state index in [4.69, 9.17) is 9.40 Å². The Hall–Kier alpha value is -4.97. The fourth-order valence-corrected chi connectivity index (χ4v) is 6.29. The smallest absolute Gasteiger partial charge is 0.405 e. The zero-order valence-electron chi connectivity index (χ0n) is 23.6. The molecule has 2 amide bonds. The standard InChI is InChI=1S/C31H29N7O4S/c1-19-18-43-27(33-19)25-11-7-13-38(25)28(39)22-14-23(21-10-6-12-32-17-21)34-24(15-22)26-36-37-29(42-26)31(2,35-30(40)41)16-20-8-4-3-5-9-20/h3-6,8-10,12,14-15,17-18,25,35H,7,11,13,16H2,1-2H3,(H,40,41)/t25-,31-/m1/s1. The van der Waals surface area contributed by atoms with E-state index in [0.29, 0.717) is 29.1 Å². The number of pyridine rings is 2. The molecule has 43 heavy (non-hydrogen) atoms. The van der Waals surface area contributed by atoms with E-state index in [0.717, 1.165) is 29.1 Å². The van der Waals surface area contributed by atoms with E-state index in [1.165, 1.54) is 0 Å². The monoisotopic (exact) mass is 595 g/mol. The van der Waals surface area contributed by atoms with Crippen molar-refractivity contribution in [2.75, 3.05) is 6.54 Å². The number of amides is 2. The average Bonchev–Trinajstić information content (AvgIpc) is 3.78. The molecule has 12 heteroatoms. The van der Waals surface area contributed by atoms with E-state index >= 15 is 0 Å². The Morgan fingerprint density at radius 2 is 1.93 bits per heavy atom. The molecule has 1 aromatic carbocycles. The predicted octanol–water partition coefficient (Wildman–Crippen LogP) is 5.66. The highest BCUT2D eigenvalue weighted by atomic mass is 32.1. The fourth-order valence-electron chi connectivity index (χ4n) is 5.35. The number of likely N-dealkylation sites (tertiary alicyclic amines) is 1. The number of thiazole rings is 1. The van der Waals surface area contributed by atoms with Gasteiger partial charge in [-0.25, -0.2) is 14.8 Å². The van der Waals surface area contributed by atoms with E-state index in [9.17, 15) is 14.7 Å². The summed E-state index contributed by atoms with van der Waals surface area (Å²) in [6, 6.07) is 16.4. The Kier molecular flexibility index (Phi) is 7.68. The van der Waals surface area contributed by atoms with Gasteiger partial charge in [0, 0.05) is 47.6 Å². The van der Waals surface area contributed by atoms with Gasteiger partial charge in [-0.2, -0.15) is 0 Å². The predicted molar refractivity (Wildman–Crippen MR) is 159 cm³/mol. The molecule has 1 aliphatic heterocycles. The summed E-state index contributed by atoms with van der Waals surface area (Å²) in [5.41, 5.74) is 2.55. The normalized spacial score (nSPS) is 16.1. The van der Waals surface area contributed by atoms with Gasteiger partial charge in [0.05, 0.1) is 11.7 Å². The number of benzene rings is 1. The first-order chi connectivity index (χ1) is 20.8. The number of carbonyl (C=O) groups excluding carboxylic acids is 1. The quantitative estimate of drug-likeness (QED) is 0.232. The second-order valence-corrected chi connectivity index (χ2v) is 11.6. The maximum Gasteiger partial charge on any atom is 0.405 e. The lowest BCUT2D eigenvalue weighted by atomic mass is 9.93. The third-order valence-electron chi connectivity index (χ3n) is 7.36. The number of nitrogens with one attached hydrogen (secondary N) is 1. The third-order valence-corrected chi connectivity index (χ3v) is 8.43. The molecule has 1 saturated heterocycles. The summed E-state index contributed by atoms with van der Waals surface area (Å²) in [6.07, 6.45) is 4.11. The van der Waals surface area contributed by atoms with Gasteiger partial charge < -0.3 is 19.7 Å². The van der Waals surface area contributed by atoms with Crippen LogP contribution in [-0.2, 0) is 12.0 Å². The van der Waals surface area contributed by atoms with E-state index in [1.807, 2.05) is 53.6 Å². The third kappa shape index (κ3) is 6.00. The van der Waals surface area contributed by atoms with Crippen molar-refractivity contribution in [3.05, 3.63) is 100 Å². The second kappa shape index (κ2) is 11.7. The van der Waals surface area contributed by atoms with Gasteiger partial charge in [0.2, 0.25) is 5.89 Å². The summed E-state index contributed by atoms with van der Waals surface area (Å²) >= 11 is 1.57. The van der Waals surface area contributed by atoms with Crippen molar-refractivity contribution in [3.8, 4) is 22.8 Å². The Morgan fingerprint density at radius 3 is 2.65 bits per heavy atom. The molecule has 4 aromatic heterocycles. The van der Waals surface area contributed by atoms with Crippen LogP contribution in [0.25, 0.3) is 22.8 Å². The van der Waals surface area contributed by atoms with Crippen molar-refractivity contribution in [2.45, 2.75) is 44.7 Å². The van der Waals surface area contributed by atoms with Gasteiger partial charge >= 0.3 is 6.09 Å². The number of hydrogen-bond donors (Lipinski definition) is 2. The lowest BCUT2D eigenvalue weighted by Gasteiger charge is -2.25. The van der Waals surface area contributed by atoms with E-state index in [2.05, 4.69) is 25.5 Å². The average molecular weight is 596 g/mol. The minimum absolute atomic E-state index is 0.0646. The van der Waals surface area contributed by atoms with Crippen LogP contribution in [0.1, 0.15) is 58.3 Å². The molecule has 11 nitrogen and oxygen atoms in total. The molecular weight excluding hydrogens is 566 g/mol. The molecule has 5 heterocycles. The molecular formula is C31H29N7O4S. The molecule has 0 bridgehead atoms. The van der Waals surface area contributed by atoms with Crippen LogP contribution in [0.4, 0.5) is 4.79 Å². The first-order valence-electron chi connectivity index (χ1n) is 13.8. The van der Waals surface area contributed by atoms with Crippen LogP contribution >= 0.6 is 11.3 Å². The van der Waals surface area contributed by atoms with Crippen molar-refractivity contribution in [2.24, 2.45) is 0 Å². The van der Waals surface area contributed by atoms with Crippen molar-refractivity contribution in [1.82, 2.24) is 35.4 Å². The number of carboxylic acid groups (broad SMARTS) is 1. The summed E-state index contributed by atoms with van der Waals surface area (Å²) < 4.78 is 6.09. The van der Waals surface area contributed by atoms with Gasteiger partial charge in [-0.3, -0.25) is 9.78 Å². The van der Waals surface area contributed by atoms with Crippen LogP contribution in [-0.4, -0.2) is 53.7 Å². The number of aryl methyl sites for hydroxylation is 1. The number of aromatic nitrogens is 5. The summed E-state index contributed by atoms with van der Waals surface area (Å²) in [7, 11) is 0. The van der Waals surface area contributed by atoms with E-state index in [1.54, 1.807) is 48.9 Å². The maximum absolute atomic E-state index is 14.0. The Balaban J connectivity index is 1.39. The van der Waals surface area contributed by atoms with Crippen molar-refractivity contribution in [3.63, 3.8) is 0 Å². The van der Waals surface area contributed by atoms with Crippen LogP contribution in [0.15, 0.2) is 76.8 Å². The van der Waals surface area contributed by atoms with Gasteiger partial charge in [-0.15, -0.1) is 21.5 Å². The molecule has 2 N–H and O–H groups in total. The molecule has 0 unspecified atom stereocenters. The molecule has 0 saturated carbocycles. The van der Waals surface area contributed by atoms with Gasteiger partial charge in [0.25, 0.3) is 11.8 Å². The lowest BCUT2D eigenvalue weighted by molar-refractivity contribution is 0.0735. The van der Waals surface area contributed by atoms with Gasteiger partial charge in [0.15, 0.2) is 0 Å². The highest BCUT2D eigenvalue weighted by Crippen LogP contribution is 2.36. The number of nitrogens with zero attached hydrogens (tertiary/aromatic N) is 6. The summed E-state index contributed by atoms with van der Waals surface area (Å²) in [6.45, 7) is 4.25. The molecule has 5 aromatic rings. The van der Waals surface area contributed by atoms with E-state index in [-0.39, 0.29) is 30.2 Å². The van der Waals surface area contributed by atoms with Gasteiger partial charge in [-0.1, -0.05) is 30.3 Å². The zero-order valence-corrected chi connectivity index (χ0v) is 24.4. The lowest BCUT2D eigenvalue weighted by Crippen LogP contribution is -2.44. The SMILES string of the molecule is Cc1csc([C@H]2CCCN2C(=O)c2cc(-c3cccnc3)nc(-c3nnc([C@@](C)(Cc4ccccc4)NC(=O)O)o3)c2)n1. The minimum Gasteiger partial charge on any atom is -0.465 e. The highest BCUT2D eigenvalue weighted by molar-refractivity contribution is 7.09. The topological polar surface area (TPSA) is 147 Å². The summed E-state index contributed by atoms with van der Waals surface area (Å²) in [5, 5.41) is 23.5. The first-order valence-corrected chi connectivity index (χ1v) is 14.7. The Bertz CT molecular complexity index is 1760. The molecule has 0 radical (unpaired) electrons. The van der Waals surface area contributed by atoms with Crippen LogP contribution in [0, 0.1) is 6.92 Å². The van der Waals surface area contributed by atoms with Crippen LogP contribution < -0.4 is 5.32 Å². The Morgan fingerprint density at radius 1 is 1.12 bits per heavy atom. The largest absolute Gasteiger partial charge is 0.465 e. The zero-order chi connectivity index (χ0) is 30.0. The molecule has 2 atom stereocenters. The highest BCUT2D eigenvalue weighted by Gasteiger charge is 2.36. The number of carbonyl (C=O) groups is 2. The number of rotatable bonds is 8. The van der Waals surface area contributed by atoms with Crippen LogP contribution in [0.2, 0.25) is 0 Å². The van der Waals surface area contributed by atoms with Gasteiger partial charge in [0.1, 0.15) is 16.2 Å². The van der Waals surface area contributed by atoms with Crippen LogP contribution in [0.3, 0.4) is 0 Å². The fraction of sp³-hybridized carbons (Fsp3) is 0.258. The molecule has 0 aliphatic carbocycles. The first kappa shape index (κ1) is 28.2. The van der Waals surface area contributed by atoms with E-state index < -0.39 is 11.6 Å². The Labute approximate surface area is 251 Å². The minimum atomic E-state index is -1.22. The van der Waals surface area contributed by atoms with Crippen molar-refractivity contribution < 1.29 is 19.1 Å². The molecule has 218 valence electrons. The molecule has 1 aliphatic rings. The molecule has 6 rings (SSSR count). The molecule has 1 fully saturated rings. The van der Waals surface area contributed by atoms with Crippen molar-refractivity contribution in [1.29, 1.82) is 0 Å². The second-order valence-electron chi connectivity index (χ2n) is 10.7. The molecule has 0 spiro atoms. The summed E-state index contributed by atoms with van der Waals surface area (Å²) in [5.74, 6) is -0.00548.